The van der Waals surface area contributed by atoms with Crippen LogP contribution in [0.5, 0.6) is 0 Å². The predicted molar refractivity (Wildman–Crippen MR) is 76.3 cm³/mol. The largest absolute Gasteiger partial charge is 0.381 e. The lowest BCUT2D eigenvalue weighted by Gasteiger charge is -2.23. The number of hydrogen-bond acceptors (Lipinski definition) is 5. The van der Waals surface area contributed by atoms with Gasteiger partial charge in [0.1, 0.15) is 17.7 Å². The third-order valence-corrected chi connectivity index (χ3v) is 3.35. The van der Waals surface area contributed by atoms with Crippen molar-refractivity contribution in [3.63, 3.8) is 0 Å². The van der Waals surface area contributed by atoms with Crippen molar-refractivity contribution in [2.45, 2.75) is 39.7 Å². The summed E-state index contributed by atoms with van der Waals surface area (Å²) in [6.45, 7) is 6.83. The summed E-state index contributed by atoms with van der Waals surface area (Å²) in [6, 6.07) is 0.176. The summed E-state index contributed by atoms with van der Waals surface area (Å²) in [5, 5.41) is 2.99. The van der Waals surface area contributed by atoms with E-state index in [0.29, 0.717) is 24.6 Å². The number of aromatic nitrogens is 2. The van der Waals surface area contributed by atoms with E-state index in [1.807, 2.05) is 13.8 Å². The summed E-state index contributed by atoms with van der Waals surface area (Å²) < 4.78 is 5.27. The molecule has 1 aliphatic rings. The minimum absolute atomic E-state index is 0.139. The average Bonchev–Trinajstić information content (AvgIpc) is 2.44. The molecule has 6 heteroatoms. The molecule has 2 heterocycles. The molecule has 0 bridgehead atoms. The van der Waals surface area contributed by atoms with Gasteiger partial charge in [0.25, 0.3) is 5.91 Å². The van der Waals surface area contributed by atoms with Crippen LogP contribution in [0, 0.1) is 13.8 Å². The monoisotopic (exact) mass is 276 g/mol. The molecule has 1 aromatic rings. The Balaban J connectivity index is 2.07. The second kappa shape index (κ2) is 6.56. The second-order valence-electron chi connectivity index (χ2n) is 4.95. The van der Waals surface area contributed by atoms with E-state index in [1.54, 1.807) is 6.92 Å². The van der Waals surface area contributed by atoms with Gasteiger partial charge in [-0.2, -0.15) is 0 Å². The number of rotatable bonds is 3. The summed E-state index contributed by atoms with van der Waals surface area (Å²) in [4.78, 5) is 24.7. The lowest BCUT2D eigenvalue weighted by atomic mass is 10.1. The first kappa shape index (κ1) is 14.6. The molecule has 20 heavy (non-hydrogen) atoms. The van der Waals surface area contributed by atoms with Crippen molar-refractivity contribution in [1.29, 1.82) is 0 Å². The summed E-state index contributed by atoms with van der Waals surface area (Å²) in [7, 11) is 0. The smallest absolute Gasteiger partial charge is 0.265 e. The summed E-state index contributed by atoms with van der Waals surface area (Å²) >= 11 is 0. The van der Waals surface area contributed by atoms with E-state index >= 15 is 0 Å². The van der Waals surface area contributed by atoms with E-state index < -0.39 is 0 Å². The number of carbonyl (C=O) groups is 1. The zero-order valence-electron chi connectivity index (χ0n) is 12.1. The number of carbonyl (C=O) groups excluding carboxylic acids is 1. The zero-order valence-corrected chi connectivity index (χ0v) is 12.1. The number of nitrogens with one attached hydrogen (secondary N) is 1. The van der Waals surface area contributed by atoms with Gasteiger partial charge in [0.05, 0.1) is 11.4 Å². The molecule has 0 atom stereocenters. The number of hydrogen-bond donors (Lipinski definition) is 1. The molecule has 2 rings (SSSR count). The van der Waals surface area contributed by atoms with E-state index in [2.05, 4.69) is 20.3 Å². The Kier molecular flexibility index (Phi) is 4.79. The molecule has 0 saturated carbocycles. The molecule has 0 aliphatic carbocycles. The quantitative estimate of drug-likeness (QED) is 0.848. The Morgan fingerprint density at radius 3 is 2.50 bits per heavy atom. The van der Waals surface area contributed by atoms with Gasteiger partial charge in [-0.25, -0.2) is 15.0 Å². The normalized spacial score (nSPS) is 17.1. The van der Waals surface area contributed by atoms with Gasteiger partial charge in [0.2, 0.25) is 0 Å². The first-order chi connectivity index (χ1) is 9.58. The number of aryl methyl sites for hydroxylation is 2. The minimum Gasteiger partial charge on any atom is -0.381 e. The van der Waals surface area contributed by atoms with Crippen LogP contribution in [0.3, 0.4) is 0 Å². The van der Waals surface area contributed by atoms with Crippen molar-refractivity contribution in [3.05, 3.63) is 17.7 Å². The molecule has 0 radical (unpaired) electrons. The first-order valence-corrected chi connectivity index (χ1v) is 6.80. The predicted octanol–water partition coefficient (Wildman–Crippen LogP) is 1.48. The van der Waals surface area contributed by atoms with Crippen LogP contribution in [0.15, 0.2) is 11.3 Å². The fourth-order valence-electron chi connectivity index (χ4n) is 2.10. The SMILES string of the molecule is CC(=Nc1c(C)ncnc1C)C(=O)NC1CCOCC1. The van der Waals surface area contributed by atoms with Gasteiger partial charge < -0.3 is 10.1 Å². The van der Waals surface area contributed by atoms with Crippen LogP contribution in [0.25, 0.3) is 0 Å². The molecule has 1 amide bonds. The van der Waals surface area contributed by atoms with Crippen LogP contribution in [0.4, 0.5) is 5.69 Å². The van der Waals surface area contributed by atoms with Crippen LogP contribution in [0.2, 0.25) is 0 Å². The Hall–Kier alpha value is -1.82. The van der Waals surface area contributed by atoms with Crippen LogP contribution in [-0.2, 0) is 9.53 Å². The van der Waals surface area contributed by atoms with E-state index in [9.17, 15) is 4.79 Å². The fraction of sp³-hybridized carbons (Fsp3) is 0.571. The highest BCUT2D eigenvalue weighted by Gasteiger charge is 2.17. The molecular weight excluding hydrogens is 256 g/mol. The molecule has 1 fully saturated rings. The summed E-state index contributed by atoms with van der Waals surface area (Å²) in [6.07, 6.45) is 3.21. The third kappa shape index (κ3) is 3.60. The lowest BCUT2D eigenvalue weighted by molar-refractivity contribution is -0.116. The highest BCUT2D eigenvalue weighted by molar-refractivity contribution is 6.38. The van der Waals surface area contributed by atoms with E-state index in [4.69, 9.17) is 4.74 Å². The van der Waals surface area contributed by atoms with Crippen LogP contribution in [0.1, 0.15) is 31.2 Å². The highest BCUT2D eigenvalue weighted by atomic mass is 16.5. The Labute approximate surface area is 118 Å². The van der Waals surface area contributed by atoms with Gasteiger partial charge in [0.15, 0.2) is 0 Å². The second-order valence-corrected chi connectivity index (χ2v) is 4.95. The lowest BCUT2D eigenvalue weighted by Crippen LogP contribution is -2.41. The Bertz CT molecular complexity index is 502. The molecule has 1 aliphatic heterocycles. The van der Waals surface area contributed by atoms with Crippen LogP contribution in [-0.4, -0.2) is 40.8 Å². The molecule has 108 valence electrons. The molecule has 1 aromatic heterocycles. The Morgan fingerprint density at radius 2 is 1.90 bits per heavy atom. The number of nitrogens with zero attached hydrogens (tertiary/aromatic N) is 3. The molecule has 0 aromatic carbocycles. The maximum absolute atomic E-state index is 12.1. The molecule has 6 nitrogen and oxygen atoms in total. The Morgan fingerprint density at radius 1 is 1.30 bits per heavy atom. The summed E-state index contributed by atoms with van der Waals surface area (Å²) in [5.74, 6) is -0.139. The van der Waals surface area contributed by atoms with E-state index in [0.717, 1.165) is 24.2 Å². The zero-order chi connectivity index (χ0) is 14.5. The van der Waals surface area contributed by atoms with Crippen molar-refractivity contribution in [1.82, 2.24) is 15.3 Å². The van der Waals surface area contributed by atoms with E-state index in [1.165, 1.54) is 6.33 Å². The fourth-order valence-corrected chi connectivity index (χ4v) is 2.10. The number of amides is 1. The topological polar surface area (TPSA) is 76.5 Å². The van der Waals surface area contributed by atoms with Crippen LogP contribution < -0.4 is 5.32 Å². The third-order valence-electron chi connectivity index (χ3n) is 3.35. The van der Waals surface area contributed by atoms with Gasteiger partial charge in [0, 0.05) is 19.3 Å². The maximum Gasteiger partial charge on any atom is 0.265 e. The number of ether oxygens (including phenoxy) is 1. The molecule has 1 saturated heterocycles. The standard InChI is InChI=1S/C14H20N4O2/c1-9-13(10(2)16-8-15-9)17-11(3)14(19)18-12-4-6-20-7-5-12/h8,12H,4-7H2,1-3H3,(H,18,19). The average molecular weight is 276 g/mol. The van der Waals surface area contributed by atoms with Crippen molar-refractivity contribution in [3.8, 4) is 0 Å². The van der Waals surface area contributed by atoms with Gasteiger partial charge >= 0.3 is 0 Å². The van der Waals surface area contributed by atoms with Crippen molar-refractivity contribution >= 4 is 17.3 Å². The van der Waals surface area contributed by atoms with Crippen molar-refractivity contribution in [2.75, 3.05) is 13.2 Å². The van der Waals surface area contributed by atoms with E-state index in [-0.39, 0.29) is 11.9 Å². The highest BCUT2D eigenvalue weighted by Crippen LogP contribution is 2.19. The maximum atomic E-state index is 12.1. The first-order valence-electron chi connectivity index (χ1n) is 6.80. The molecular formula is C14H20N4O2. The van der Waals surface area contributed by atoms with Gasteiger partial charge in [-0.05, 0) is 33.6 Å². The molecule has 0 spiro atoms. The number of aliphatic imine (C=N–C) groups is 1. The van der Waals surface area contributed by atoms with Gasteiger partial charge in [-0.15, -0.1) is 0 Å². The van der Waals surface area contributed by atoms with Crippen molar-refractivity contribution in [2.24, 2.45) is 4.99 Å². The van der Waals surface area contributed by atoms with Gasteiger partial charge in [-0.1, -0.05) is 0 Å². The minimum atomic E-state index is -0.139. The van der Waals surface area contributed by atoms with Crippen LogP contribution >= 0.6 is 0 Å². The summed E-state index contributed by atoms with van der Waals surface area (Å²) in [5.41, 5.74) is 2.65. The molecule has 1 N–H and O–H groups in total. The van der Waals surface area contributed by atoms with Crippen molar-refractivity contribution < 1.29 is 9.53 Å². The van der Waals surface area contributed by atoms with Gasteiger partial charge in [-0.3, -0.25) is 4.79 Å². The molecule has 0 unspecified atom stereocenters.